The predicted molar refractivity (Wildman–Crippen MR) is 115 cm³/mol. The van der Waals surface area contributed by atoms with Gasteiger partial charge in [-0.1, -0.05) is 72.8 Å². The van der Waals surface area contributed by atoms with Gasteiger partial charge in [-0.15, -0.1) is 0 Å². The molecule has 6 aromatic rings. The minimum Gasteiger partial charge on any atom is -0.0616 e. The molecule has 122 valence electrons. The van der Waals surface area contributed by atoms with Crippen molar-refractivity contribution in [1.29, 1.82) is 0 Å². The molecule has 0 saturated carbocycles. The van der Waals surface area contributed by atoms with Crippen molar-refractivity contribution in [2.45, 2.75) is 13.8 Å². The second-order valence-electron chi connectivity index (χ2n) is 7.45. The van der Waals surface area contributed by atoms with Crippen LogP contribution in [0.2, 0.25) is 0 Å². The van der Waals surface area contributed by atoms with Crippen LogP contribution in [0.3, 0.4) is 0 Å². The summed E-state index contributed by atoms with van der Waals surface area (Å²) in [5, 5.41) is 13.8. The zero-order valence-corrected chi connectivity index (χ0v) is 14.9. The molecule has 0 bridgehead atoms. The molecule has 0 fully saturated rings. The highest BCUT2D eigenvalue weighted by molar-refractivity contribution is 6.40. The summed E-state index contributed by atoms with van der Waals surface area (Å²) >= 11 is 0. The monoisotopic (exact) mass is 330 g/mol. The molecule has 0 amide bonds. The van der Waals surface area contributed by atoms with E-state index in [1.807, 2.05) is 0 Å². The van der Waals surface area contributed by atoms with E-state index in [0.29, 0.717) is 0 Å². The van der Waals surface area contributed by atoms with Crippen molar-refractivity contribution in [3.63, 3.8) is 0 Å². The highest BCUT2D eigenvalue weighted by Gasteiger charge is 2.17. The maximum Gasteiger partial charge on any atom is -0.00138 e. The minimum absolute atomic E-state index is 1.35. The summed E-state index contributed by atoms with van der Waals surface area (Å²) in [4.78, 5) is 0. The summed E-state index contributed by atoms with van der Waals surface area (Å²) in [7, 11) is 0. The molecular formula is C26H18. The Kier molecular flexibility index (Phi) is 2.57. The molecule has 0 nitrogen and oxygen atoms in total. The average Bonchev–Trinajstić information content (AvgIpc) is 2.69. The Hall–Kier alpha value is -3.12. The highest BCUT2D eigenvalue weighted by atomic mass is 14.2. The van der Waals surface area contributed by atoms with E-state index in [1.165, 1.54) is 65.0 Å². The predicted octanol–water partition coefficient (Wildman–Crippen LogP) is 7.51. The fraction of sp³-hybridized carbons (Fsp3) is 0.0769. The summed E-state index contributed by atoms with van der Waals surface area (Å²) in [5.74, 6) is 0. The lowest BCUT2D eigenvalue weighted by Gasteiger charge is -2.19. The van der Waals surface area contributed by atoms with Crippen LogP contribution >= 0.6 is 0 Å². The van der Waals surface area contributed by atoms with Gasteiger partial charge in [0.15, 0.2) is 0 Å². The van der Waals surface area contributed by atoms with E-state index < -0.39 is 0 Å². The van der Waals surface area contributed by atoms with Gasteiger partial charge in [0.2, 0.25) is 0 Å². The first kappa shape index (κ1) is 14.1. The lowest BCUT2D eigenvalue weighted by molar-refractivity contribution is 1.48. The zero-order valence-electron chi connectivity index (χ0n) is 14.9. The Morgan fingerprint density at radius 1 is 0.346 bits per heavy atom. The third-order valence-corrected chi connectivity index (χ3v) is 6.05. The van der Waals surface area contributed by atoms with Gasteiger partial charge < -0.3 is 0 Å². The molecule has 0 aliphatic rings. The van der Waals surface area contributed by atoms with E-state index in [1.54, 1.807) is 0 Å². The molecule has 6 aromatic carbocycles. The molecule has 0 spiro atoms. The topological polar surface area (TPSA) is 0 Å². The standard InChI is InChI=1S/C26H18/c1-15-13-14-16(2)24-22-12-6-10-20-18-8-4-3-7-17(18)19-9-5-11-21(23(15)24)25(19)26(20)22/h3-14H,1-2H3. The Balaban J connectivity index is 2.15. The zero-order chi connectivity index (χ0) is 17.4. The molecule has 0 heterocycles. The maximum absolute atomic E-state index is 2.30. The average molecular weight is 330 g/mol. The summed E-state index contributed by atoms with van der Waals surface area (Å²) in [5.41, 5.74) is 2.71. The number of hydrogen-bond donors (Lipinski definition) is 0. The van der Waals surface area contributed by atoms with Gasteiger partial charge in [-0.25, -0.2) is 0 Å². The van der Waals surface area contributed by atoms with Crippen molar-refractivity contribution >= 4 is 53.9 Å². The Labute approximate surface area is 152 Å². The molecule has 0 unspecified atom stereocenters. The minimum atomic E-state index is 1.35. The van der Waals surface area contributed by atoms with Crippen LogP contribution < -0.4 is 0 Å². The molecule has 6 rings (SSSR count). The smallest absolute Gasteiger partial charge is 0.00138 e. The summed E-state index contributed by atoms with van der Waals surface area (Å²) in [6.45, 7) is 4.48. The Morgan fingerprint density at radius 2 is 0.731 bits per heavy atom. The van der Waals surface area contributed by atoms with Crippen molar-refractivity contribution in [1.82, 2.24) is 0 Å². The van der Waals surface area contributed by atoms with E-state index >= 15 is 0 Å². The van der Waals surface area contributed by atoms with Crippen LogP contribution in [0.5, 0.6) is 0 Å². The molecule has 0 aliphatic heterocycles. The van der Waals surface area contributed by atoms with E-state index in [0.717, 1.165) is 0 Å². The van der Waals surface area contributed by atoms with Crippen LogP contribution in [0.25, 0.3) is 53.9 Å². The molecule has 0 N–H and O–H groups in total. The third-order valence-electron chi connectivity index (χ3n) is 6.05. The summed E-state index contributed by atoms with van der Waals surface area (Å²) in [6, 6.07) is 27.0. The van der Waals surface area contributed by atoms with E-state index in [2.05, 4.69) is 86.6 Å². The number of fused-ring (bicyclic) bond motifs is 6. The van der Waals surface area contributed by atoms with Crippen LogP contribution in [0.15, 0.2) is 72.8 Å². The molecular weight excluding hydrogens is 312 g/mol. The SMILES string of the molecule is Cc1ccc(C)c2c3cccc4c5ccccc5c5cccc(c12)c5c43. The first-order valence-corrected chi connectivity index (χ1v) is 9.23. The Morgan fingerprint density at radius 3 is 1.19 bits per heavy atom. The Bertz CT molecular complexity index is 1370. The maximum atomic E-state index is 2.30. The molecule has 0 heteroatoms. The van der Waals surface area contributed by atoms with E-state index in [9.17, 15) is 0 Å². The second-order valence-corrected chi connectivity index (χ2v) is 7.45. The van der Waals surface area contributed by atoms with Gasteiger partial charge in [-0.2, -0.15) is 0 Å². The normalized spacial score (nSPS) is 12.2. The van der Waals surface area contributed by atoms with Crippen molar-refractivity contribution in [2.75, 3.05) is 0 Å². The number of rotatable bonds is 0. The van der Waals surface area contributed by atoms with Gasteiger partial charge in [0.25, 0.3) is 0 Å². The van der Waals surface area contributed by atoms with E-state index in [-0.39, 0.29) is 0 Å². The lowest BCUT2D eigenvalue weighted by atomic mass is 9.84. The van der Waals surface area contributed by atoms with Gasteiger partial charge in [0.05, 0.1) is 0 Å². The molecule has 0 saturated heterocycles. The van der Waals surface area contributed by atoms with Crippen molar-refractivity contribution < 1.29 is 0 Å². The number of hydrogen-bond acceptors (Lipinski definition) is 0. The van der Waals surface area contributed by atoms with Gasteiger partial charge in [0, 0.05) is 0 Å². The first-order chi connectivity index (χ1) is 12.8. The second kappa shape index (κ2) is 4.74. The van der Waals surface area contributed by atoms with Crippen LogP contribution in [-0.2, 0) is 0 Å². The summed E-state index contributed by atoms with van der Waals surface area (Å²) < 4.78 is 0. The lowest BCUT2D eigenvalue weighted by Crippen LogP contribution is -1.92. The molecule has 0 aromatic heterocycles. The third kappa shape index (κ3) is 1.55. The first-order valence-electron chi connectivity index (χ1n) is 9.23. The molecule has 0 radical (unpaired) electrons. The fourth-order valence-electron chi connectivity index (χ4n) is 4.97. The van der Waals surface area contributed by atoms with Crippen molar-refractivity contribution in [2.24, 2.45) is 0 Å². The quantitative estimate of drug-likeness (QED) is 0.200. The molecule has 0 aliphatic carbocycles. The molecule has 26 heavy (non-hydrogen) atoms. The summed E-state index contributed by atoms with van der Waals surface area (Å²) in [6.07, 6.45) is 0. The van der Waals surface area contributed by atoms with Crippen LogP contribution in [0, 0.1) is 13.8 Å². The van der Waals surface area contributed by atoms with Gasteiger partial charge in [-0.05, 0) is 78.8 Å². The number of benzene rings is 6. The van der Waals surface area contributed by atoms with Crippen molar-refractivity contribution in [3.05, 3.63) is 83.9 Å². The van der Waals surface area contributed by atoms with Gasteiger partial charge in [0.1, 0.15) is 0 Å². The highest BCUT2D eigenvalue weighted by Crippen LogP contribution is 2.45. The van der Waals surface area contributed by atoms with Crippen LogP contribution in [0.4, 0.5) is 0 Å². The van der Waals surface area contributed by atoms with Gasteiger partial charge >= 0.3 is 0 Å². The van der Waals surface area contributed by atoms with Crippen LogP contribution in [0.1, 0.15) is 11.1 Å². The fourth-order valence-corrected chi connectivity index (χ4v) is 4.97. The largest absolute Gasteiger partial charge is 0.0616 e. The van der Waals surface area contributed by atoms with E-state index in [4.69, 9.17) is 0 Å². The van der Waals surface area contributed by atoms with Crippen molar-refractivity contribution in [3.8, 4) is 0 Å². The molecule has 0 atom stereocenters. The van der Waals surface area contributed by atoms with Crippen LogP contribution in [-0.4, -0.2) is 0 Å². The number of aryl methyl sites for hydroxylation is 2. The van der Waals surface area contributed by atoms with Gasteiger partial charge in [-0.3, -0.25) is 0 Å².